The minimum Gasteiger partial charge on any atom is -0.484 e. The SMILES string of the molecule is O=C(O)C1CN(C(=O)COc2cccc(Cl)c2)C1. The number of halogens is 1. The average Bonchev–Trinajstić information content (AvgIpc) is 2.24. The zero-order chi connectivity index (χ0) is 13.1. The molecule has 0 aromatic heterocycles. The van der Waals surface area contributed by atoms with E-state index in [1.54, 1.807) is 24.3 Å². The Morgan fingerprint density at radius 2 is 2.17 bits per heavy atom. The summed E-state index contributed by atoms with van der Waals surface area (Å²) in [5.41, 5.74) is 0. The molecule has 18 heavy (non-hydrogen) atoms. The highest BCUT2D eigenvalue weighted by atomic mass is 35.5. The second kappa shape index (κ2) is 5.27. The van der Waals surface area contributed by atoms with Crippen molar-refractivity contribution < 1.29 is 19.4 Å². The van der Waals surface area contributed by atoms with Crippen molar-refractivity contribution in [2.45, 2.75) is 0 Å². The van der Waals surface area contributed by atoms with Crippen LogP contribution in [0.4, 0.5) is 0 Å². The lowest BCUT2D eigenvalue weighted by atomic mass is 10.0. The van der Waals surface area contributed by atoms with Crippen molar-refractivity contribution in [2.75, 3.05) is 19.7 Å². The van der Waals surface area contributed by atoms with E-state index in [4.69, 9.17) is 21.4 Å². The molecule has 5 nitrogen and oxygen atoms in total. The van der Waals surface area contributed by atoms with E-state index in [9.17, 15) is 9.59 Å². The number of carboxylic acids is 1. The number of carbonyl (C=O) groups excluding carboxylic acids is 1. The molecular weight excluding hydrogens is 258 g/mol. The first-order valence-electron chi connectivity index (χ1n) is 5.45. The largest absolute Gasteiger partial charge is 0.484 e. The molecule has 1 heterocycles. The molecule has 0 spiro atoms. The zero-order valence-corrected chi connectivity index (χ0v) is 10.3. The van der Waals surface area contributed by atoms with Crippen molar-refractivity contribution >= 4 is 23.5 Å². The molecule has 96 valence electrons. The van der Waals surface area contributed by atoms with Crippen LogP contribution in [0.1, 0.15) is 0 Å². The number of nitrogens with zero attached hydrogens (tertiary/aromatic N) is 1. The predicted molar refractivity (Wildman–Crippen MR) is 64.7 cm³/mol. The Bertz CT molecular complexity index is 471. The van der Waals surface area contributed by atoms with Gasteiger partial charge in [-0.05, 0) is 18.2 Å². The quantitative estimate of drug-likeness (QED) is 0.894. The summed E-state index contributed by atoms with van der Waals surface area (Å²) in [4.78, 5) is 23.7. The molecule has 0 saturated carbocycles. The Balaban J connectivity index is 1.78. The summed E-state index contributed by atoms with van der Waals surface area (Å²) >= 11 is 5.77. The number of hydrogen-bond acceptors (Lipinski definition) is 3. The maximum Gasteiger partial charge on any atom is 0.310 e. The number of carbonyl (C=O) groups is 2. The molecular formula is C12H12ClNO4. The standard InChI is InChI=1S/C12H12ClNO4/c13-9-2-1-3-10(4-9)18-7-11(15)14-5-8(6-14)12(16)17/h1-4,8H,5-7H2,(H,16,17). The van der Waals surface area contributed by atoms with E-state index in [-0.39, 0.29) is 25.6 Å². The Hall–Kier alpha value is -1.75. The summed E-state index contributed by atoms with van der Waals surface area (Å²) in [5.74, 6) is -1.01. The van der Waals surface area contributed by atoms with Gasteiger partial charge in [0.1, 0.15) is 5.75 Å². The maximum absolute atomic E-state index is 11.6. The first-order chi connectivity index (χ1) is 8.56. The fourth-order valence-corrected chi connectivity index (χ4v) is 1.81. The van der Waals surface area contributed by atoms with Crippen LogP contribution in [0.15, 0.2) is 24.3 Å². The van der Waals surface area contributed by atoms with Gasteiger partial charge in [0, 0.05) is 18.1 Å². The number of amides is 1. The van der Waals surface area contributed by atoms with Gasteiger partial charge in [-0.3, -0.25) is 9.59 Å². The molecule has 1 aromatic carbocycles. The number of ether oxygens (including phenoxy) is 1. The van der Waals surface area contributed by atoms with Crippen LogP contribution in [-0.2, 0) is 9.59 Å². The van der Waals surface area contributed by atoms with Gasteiger partial charge < -0.3 is 14.7 Å². The van der Waals surface area contributed by atoms with Gasteiger partial charge in [0.2, 0.25) is 0 Å². The van der Waals surface area contributed by atoms with Crippen LogP contribution in [0.3, 0.4) is 0 Å². The zero-order valence-electron chi connectivity index (χ0n) is 9.51. The van der Waals surface area contributed by atoms with Crippen molar-refractivity contribution in [2.24, 2.45) is 5.92 Å². The topological polar surface area (TPSA) is 66.8 Å². The molecule has 1 fully saturated rings. The molecule has 0 radical (unpaired) electrons. The maximum atomic E-state index is 11.6. The van der Waals surface area contributed by atoms with E-state index in [0.29, 0.717) is 10.8 Å². The lowest BCUT2D eigenvalue weighted by molar-refractivity contribution is -0.153. The van der Waals surface area contributed by atoms with Crippen LogP contribution >= 0.6 is 11.6 Å². The van der Waals surface area contributed by atoms with Crippen LogP contribution in [0, 0.1) is 5.92 Å². The Morgan fingerprint density at radius 1 is 1.44 bits per heavy atom. The number of carboxylic acid groups (broad SMARTS) is 1. The van der Waals surface area contributed by atoms with Crippen molar-refractivity contribution in [3.63, 3.8) is 0 Å². The molecule has 0 bridgehead atoms. The molecule has 1 amide bonds. The fraction of sp³-hybridized carbons (Fsp3) is 0.333. The molecule has 1 aliphatic heterocycles. The van der Waals surface area contributed by atoms with E-state index in [1.165, 1.54) is 4.90 Å². The lowest BCUT2D eigenvalue weighted by Gasteiger charge is -2.36. The number of hydrogen-bond donors (Lipinski definition) is 1. The van der Waals surface area contributed by atoms with Gasteiger partial charge in [0.25, 0.3) is 5.91 Å². The second-order valence-corrected chi connectivity index (χ2v) is 4.52. The number of rotatable bonds is 4. The second-order valence-electron chi connectivity index (χ2n) is 4.08. The highest BCUT2D eigenvalue weighted by molar-refractivity contribution is 6.30. The van der Waals surface area contributed by atoms with Gasteiger partial charge >= 0.3 is 5.97 Å². The van der Waals surface area contributed by atoms with Crippen molar-refractivity contribution in [3.8, 4) is 5.75 Å². The van der Waals surface area contributed by atoms with E-state index in [2.05, 4.69) is 0 Å². The molecule has 0 atom stereocenters. The summed E-state index contributed by atoms with van der Waals surface area (Å²) < 4.78 is 5.28. The van der Waals surface area contributed by atoms with Crippen LogP contribution in [0.5, 0.6) is 5.75 Å². The minimum absolute atomic E-state index is 0.104. The Morgan fingerprint density at radius 3 is 2.78 bits per heavy atom. The normalized spacial score (nSPS) is 15.1. The van der Waals surface area contributed by atoms with Gasteiger partial charge in [-0.2, -0.15) is 0 Å². The average molecular weight is 270 g/mol. The van der Waals surface area contributed by atoms with Crippen molar-refractivity contribution in [1.82, 2.24) is 4.90 Å². The van der Waals surface area contributed by atoms with Gasteiger partial charge in [-0.25, -0.2) is 0 Å². The third-order valence-electron chi connectivity index (χ3n) is 2.74. The highest BCUT2D eigenvalue weighted by Gasteiger charge is 2.35. The number of aliphatic carboxylic acids is 1. The highest BCUT2D eigenvalue weighted by Crippen LogP contribution is 2.19. The third kappa shape index (κ3) is 2.92. The van der Waals surface area contributed by atoms with Gasteiger partial charge in [0.15, 0.2) is 6.61 Å². The summed E-state index contributed by atoms with van der Waals surface area (Å²) in [6.45, 7) is 0.410. The first-order valence-corrected chi connectivity index (χ1v) is 5.83. The van der Waals surface area contributed by atoms with E-state index in [1.807, 2.05) is 0 Å². The van der Waals surface area contributed by atoms with Crippen LogP contribution in [0.2, 0.25) is 5.02 Å². The molecule has 2 rings (SSSR count). The van der Waals surface area contributed by atoms with Crippen LogP contribution in [0.25, 0.3) is 0 Å². The number of benzene rings is 1. The Labute approximate surface area is 109 Å². The molecule has 1 saturated heterocycles. The van der Waals surface area contributed by atoms with Crippen molar-refractivity contribution in [1.29, 1.82) is 0 Å². The Kier molecular flexibility index (Phi) is 3.72. The predicted octanol–water partition coefficient (Wildman–Crippen LogP) is 1.26. The monoisotopic (exact) mass is 269 g/mol. The lowest BCUT2D eigenvalue weighted by Crippen LogP contribution is -2.54. The minimum atomic E-state index is -0.866. The first kappa shape index (κ1) is 12.7. The molecule has 0 aliphatic carbocycles. The van der Waals surface area contributed by atoms with Gasteiger partial charge in [-0.15, -0.1) is 0 Å². The smallest absolute Gasteiger partial charge is 0.310 e. The molecule has 0 unspecified atom stereocenters. The summed E-state index contributed by atoms with van der Waals surface area (Å²) in [7, 11) is 0. The van der Waals surface area contributed by atoms with Crippen LogP contribution in [-0.4, -0.2) is 41.6 Å². The van der Waals surface area contributed by atoms with Gasteiger partial charge in [0.05, 0.1) is 5.92 Å². The molecule has 1 N–H and O–H groups in total. The molecule has 1 aliphatic rings. The van der Waals surface area contributed by atoms with E-state index >= 15 is 0 Å². The summed E-state index contributed by atoms with van der Waals surface area (Å²) in [5, 5.41) is 9.22. The summed E-state index contributed by atoms with van der Waals surface area (Å²) in [6.07, 6.45) is 0. The fourth-order valence-electron chi connectivity index (χ4n) is 1.63. The number of likely N-dealkylation sites (tertiary alicyclic amines) is 1. The molecule has 6 heteroatoms. The van der Waals surface area contributed by atoms with Crippen LogP contribution < -0.4 is 4.74 Å². The van der Waals surface area contributed by atoms with E-state index < -0.39 is 11.9 Å². The third-order valence-corrected chi connectivity index (χ3v) is 2.98. The van der Waals surface area contributed by atoms with Crippen molar-refractivity contribution in [3.05, 3.63) is 29.3 Å². The van der Waals surface area contributed by atoms with Gasteiger partial charge in [-0.1, -0.05) is 17.7 Å². The summed E-state index contributed by atoms with van der Waals surface area (Å²) in [6, 6.07) is 6.76. The van der Waals surface area contributed by atoms with E-state index in [0.717, 1.165) is 0 Å². The molecule has 1 aromatic rings.